The van der Waals surface area contributed by atoms with Crippen LogP contribution in [0.4, 0.5) is 4.79 Å². The number of rotatable bonds is 1. The van der Waals surface area contributed by atoms with Crippen LogP contribution in [-0.2, 0) is 0 Å². The van der Waals surface area contributed by atoms with Crippen LogP contribution in [0.1, 0.15) is 18.5 Å². The van der Waals surface area contributed by atoms with Gasteiger partial charge in [-0.25, -0.2) is 4.79 Å². The number of allylic oxidation sites excluding steroid dienone is 1. The Kier molecular flexibility index (Phi) is 2.77. The summed E-state index contributed by atoms with van der Waals surface area (Å²) in [4.78, 5) is 11.3. The number of hydrogen-bond donors (Lipinski definition) is 2. The number of benzene rings is 1. The van der Waals surface area contributed by atoms with E-state index in [-0.39, 0.29) is 12.1 Å². The van der Waals surface area contributed by atoms with Crippen molar-refractivity contribution in [3.8, 4) is 0 Å². The van der Waals surface area contributed by atoms with Crippen molar-refractivity contribution in [1.29, 1.82) is 0 Å². The maximum Gasteiger partial charge on any atom is 0.319 e. The van der Waals surface area contributed by atoms with Crippen molar-refractivity contribution in [2.24, 2.45) is 0 Å². The number of hydrogen-bond acceptors (Lipinski definition) is 1. The van der Waals surface area contributed by atoms with Gasteiger partial charge in [0.25, 0.3) is 0 Å². The molecule has 0 saturated heterocycles. The molecule has 0 aromatic heterocycles. The highest BCUT2D eigenvalue weighted by atomic mass is 79.9. The molecule has 1 aromatic carbocycles. The first kappa shape index (κ1) is 10.2. The van der Waals surface area contributed by atoms with Crippen molar-refractivity contribution < 1.29 is 4.79 Å². The third-order valence-corrected chi connectivity index (χ3v) is 3.37. The molecule has 0 fully saturated rings. The molecule has 2 rings (SSSR count). The Labute approximate surface area is 96.7 Å². The van der Waals surface area contributed by atoms with E-state index in [9.17, 15) is 4.79 Å². The highest BCUT2D eigenvalue weighted by Gasteiger charge is 2.24. The van der Waals surface area contributed by atoms with Gasteiger partial charge in [0.05, 0.1) is 6.04 Å². The first-order chi connectivity index (χ1) is 7.18. The summed E-state index contributed by atoms with van der Waals surface area (Å²) in [6, 6.07) is 9.61. The van der Waals surface area contributed by atoms with E-state index in [0.717, 1.165) is 15.7 Å². The Morgan fingerprint density at radius 3 is 2.60 bits per heavy atom. The van der Waals surface area contributed by atoms with Gasteiger partial charge >= 0.3 is 6.03 Å². The van der Waals surface area contributed by atoms with Crippen molar-refractivity contribution in [2.45, 2.75) is 13.0 Å². The van der Waals surface area contributed by atoms with E-state index < -0.39 is 0 Å². The molecule has 2 amide bonds. The van der Waals surface area contributed by atoms with Crippen LogP contribution in [0.2, 0.25) is 0 Å². The molecular weight excluding hydrogens is 256 g/mol. The Bertz CT molecular complexity index is 414. The van der Waals surface area contributed by atoms with Gasteiger partial charge in [0, 0.05) is 10.2 Å². The Balaban J connectivity index is 2.37. The van der Waals surface area contributed by atoms with Crippen LogP contribution in [0.15, 0.2) is 40.5 Å². The summed E-state index contributed by atoms with van der Waals surface area (Å²) in [6.07, 6.45) is 0. The van der Waals surface area contributed by atoms with Crippen LogP contribution < -0.4 is 10.6 Å². The van der Waals surface area contributed by atoms with Crippen LogP contribution in [0.25, 0.3) is 0 Å². The minimum atomic E-state index is -0.162. The summed E-state index contributed by atoms with van der Waals surface area (Å²) >= 11 is 3.49. The molecule has 2 N–H and O–H groups in total. The molecule has 0 spiro atoms. The molecule has 1 unspecified atom stereocenters. The average Bonchev–Trinajstić information content (AvgIpc) is 2.24. The first-order valence-corrected chi connectivity index (χ1v) is 5.46. The van der Waals surface area contributed by atoms with Gasteiger partial charge in [-0.1, -0.05) is 46.3 Å². The smallest absolute Gasteiger partial charge is 0.319 e. The fourth-order valence-electron chi connectivity index (χ4n) is 1.55. The van der Waals surface area contributed by atoms with E-state index in [1.54, 1.807) is 0 Å². The standard InChI is InChI=1S/C11H11BrN2O/c1-7-9(12)10(14-11(15)13-7)8-5-3-2-4-6-8/h2-6,10H,1H3,(H2,13,14,15). The molecule has 0 aliphatic carbocycles. The SMILES string of the molecule is CC1=C(Br)C(c2ccccc2)NC(=O)N1. The molecule has 1 aliphatic heterocycles. The summed E-state index contributed by atoms with van der Waals surface area (Å²) in [6.45, 7) is 1.87. The lowest BCUT2D eigenvalue weighted by Gasteiger charge is -2.26. The molecule has 3 nitrogen and oxygen atoms in total. The van der Waals surface area contributed by atoms with Crippen LogP contribution >= 0.6 is 15.9 Å². The normalized spacial score (nSPS) is 20.9. The molecule has 78 valence electrons. The van der Waals surface area contributed by atoms with Gasteiger partial charge in [-0.05, 0) is 12.5 Å². The summed E-state index contributed by atoms with van der Waals surface area (Å²) in [5, 5.41) is 5.57. The van der Waals surface area contributed by atoms with Crippen molar-refractivity contribution in [3.63, 3.8) is 0 Å². The Morgan fingerprint density at radius 1 is 1.27 bits per heavy atom. The predicted octanol–water partition coefficient (Wildman–Crippen LogP) is 2.67. The monoisotopic (exact) mass is 266 g/mol. The fourth-order valence-corrected chi connectivity index (χ4v) is 2.03. The Hall–Kier alpha value is -1.29. The second kappa shape index (κ2) is 4.06. The lowest BCUT2D eigenvalue weighted by atomic mass is 10.0. The largest absolute Gasteiger partial charge is 0.326 e. The van der Waals surface area contributed by atoms with Gasteiger partial charge in [0.1, 0.15) is 0 Å². The highest BCUT2D eigenvalue weighted by Crippen LogP contribution is 2.30. The number of halogens is 1. The number of carbonyl (C=O) groups is 1. The van der Waals surface area contributed by atoms with E-state index in [1.165, 1.54) is 0 Å². The quantitative estimate of drug-likeness (QED) is 0.807. The predicted molar refractivity (Wildman–Crippen MR) is 62.5 cm³/mol. The topological polar surface area (TPSA) is 41.1 Å². The third-order valence-electron chi connectivity index (χ3n) is 2.32. The summed E-state index contributed by atoms with van der Waals surface area (Å²) < 4.78 is 0.966. The molecule has 0 bridgehead atoms. The highest BCUT2D eigenvalue weighted by molar-refractivity contribution is 9.11. The fraction of sp³-hybridized carbons (Fsp3) is 0.182. The van der Waals surface area contributed by atoms with Gasteiger partial charge in [-0.2, -0.15) is 0 Å². The van der Waals surface area contributed by atoms with E-state index in [4.69, 9.17) is 0 Å². The van der Waals surface area contributed by atoms with Crippen LogP contribution in [0.3, 0.4) is 0 Å². The molecular formula is C11H11BrN2O. The lowest BCUT2D eigenvalue weighted by molar-refractivity contribution is 0.239. The summed E-state index contributed by atoms with van der Waals surface area (Å²) in [5.74, 6) is 0. The molecule has 1 aliphatic rings. The maximum atomic E-state index is 11.3. The van der Waals surface area contributed by atoms with Crippen LogP contribution in [-0.4, -0.2) is 6.03 Å². The minimum Gasteiger partial charge on any atom is -0.326 e. The summed E-state index contributed by atoms with van der Waals surface area (Å²) in [5.41, 5.74) is 1.92. The zero-order valence-corrected chi connectivity index (χ0v) is 9.84. The second-order valence-electron chi connectivity index (χ2n) is 3.42. The minimum absolute atomic E-state index is 0.0834. The van der Waals surface area contributed by atoms with Gasteiger partial charge in [0.15, 0.2) is 0 Å². The van der Waals surface area contributed by atoms with E-state index in [1.807, 2.05) is 37.3 Å². The molecule has 0 radical (unpaired) electrons. The van der Waals surface area contributed by atoms with Crippen molar-refractivity contribution in [3.05, 3.63) is 46.1 Å². The Morgan fingerprint density at radius 2 is 1.93 bits per heavy atom. The van der Waals surface area contributed by atoms with E-state index in [2.05, 4.69) is 26.6 Å². The number of nitrogens with one attached hydrogen (secondary N) is 2. The van der Waals surface area contributed by atoms with Crippen molar-refractivity contribution in [2.75, 3.05) is 0 Å². The third kappa shape index (κ3) is 2.04. The second-order valence-corrected chi connectivity index (χ2v) is 4.27. The van der Waals surface area contributed by atoms with Crippen molar-refractivity contribution in [1.82, 2.24) is 10.6 Å². The number of urea groups is 1. The van der Waals surface area contributed by atoms with E-state index >= 15 is 0 Å². The van der Waals surface area contributed by atoms with Crippen molar-refractivity contribution >= 4 is 22.0 Å². The lowest BCUT2D eigenvalue weighted by Crippen LogP contribution is -2.42. The summed E-state index contributed by atoms with van der Waals surface area (Å²) in [7, 11) is 0. The van der Waals surface area contributed by atoms with Gasteiger partial charge in [-0.3, -0.25) is 0 Å². The molecule has 1 heterocycles. The van der Waals surface area contributed by atoms with E-state index in [0.29, 0.717) is 0 Å². The molecule has 1 atom stereocenters. The first-order valence-electron chi connectivity index (χ1n) is 4.67. The maximum absolute atomic E-state index is 11.3. The van der Waals surface area contributed by atoms with Gasteiger partial charge < -0.3 is 10.6 Å². The average molecular weight is 267 g/mol. The molecule has 4 heteroatoms. The van der Waals surface area contributed by atoms with Gasteiger partial charge in [-0.15, -0.1) is 0 Å². The zero-order valence-electron chi connectivity index (χ0n) is 8.25. The molecule has 0 saturated carbocycles. The zero-order chi connectivity index (χ0) is 10.8. The number of amides is 2. The van der Waals surface area contributed by atoms with Crippen LogP contribution in [0, 0.1) is 0 Å². The molecule has 15 heavy (non-hydrogen) atoms. The number of carbonyl (C=O) groups excluding carboxylic acids is 1. The van der Waals surface area contributed by atoms with Crippen LogP contribution in [0.5, 0.6) is 0 Å². The van der Waals surface area contributed by atoms with Gasteiger partial charge in [0.2, 0.25) is 0 Å². The molecule has 1 aromatic rings.